The number of pyridine rings is 2. The van der Waals surface area contributed by atoms with Gasteiger partial charge in [0, 0.05) is 48.5 Å². The first-order chi connectivity index (χ1) is 12.0. The minimum absolute atomic E-state index is 0.127. The molecule has 0 unspecified atom stereocenters. The Morgan fingerprint density at radius 3 is 2.44 bits per heavy atom. The molecule has 3 aromatic rings. The van der Waals surface area contributed by atoms with Gasteiger partial charge in [0.25, 0.3) is 0 Å². The van der Waals surface area contributed by atoms with Gasteiger partial charge in [-0.05, 0) is 44.5 Å². The second kappa shape index (κ2) is 7.25. The lowest BCUT2D eigenvalue weighted by atomic mass is 10.1. The molecule has 6 nitrogen and oxygen atoms in total. The molecular weight excluding hydrogens is 312 g/mol. The molecule has 0 amide bonds. The summed E-state index contributed by atoms with van der Waals surface area (Å²) in [5, 5.41) is 6.69. The van der Waals surface area contributed by atoms with Crippen molar-refractivity contribution in [2.24, 2.45) is 0 Å². The van der Waals surface area contributed by atoms with Crippen LogP contribution in [0.3, 0.4) is 0 Å². The second-order valence-corrected chi connectivity index (χ2v) is 6.79. The average Bonchev–Trinajstić information content (AvgIpc) is 2.60. The van der Waals surface area contributed by atoms with E-state index in [9.17, 15) is 0 Å². The lowest BCUT2D eigenvalue weighted by Gasteiger charge is -2.21. The van der Waals surface area contributed by atoms with Crippen LogP contribution in [0.2, 0.25) is 0 Å². The number of hydrogen-bond donors (Lipinski definition) is 2. The highest BCUT2D eigenvalue weighted by Gasteiger charge is 2.13. The van der Waals surface area contributed by atoms with Crippen molar-refractivity contribution >= 4 is 11.8 Å². The first-order valence-corrected chi connectivity index (χ1v) is 8.20. The van der Waals surface area contributed by atoms with Gasteiger partial charge in [0.2, 0.25) is 5.95 Å². The van der Waals surface area contributed by atoms with Crippen LogP contribution in [0.5, 0.6) is 0 Å². The van der Waals surface area contributed by atoms with Crippen molar-refractivity contribution in [1.82, 2.24) is 19.9 Å². The van der Waals surface area contributed by atoms with E-state index in [-0.39, 0.29) is 5.54 Å². The molecule has 6 heteroatoms. The first kappa shape index (κ1) is 16.8. The van der Waals surface area contributed by atoms with Crippen molar-refractivity contribution in [3.63, 3.8) is 0 Å². The molecule has 0 fully saturated rings. The van der Waals surface area contributed by atoms with E-state index in [0.29, 0.717) is 12.5 Å². The van der Waals surface area contributed by atoms with Gasteiger partial charge in [-0.2, -0.15) is 4.98 Å². The minimum atomic E-state index is -0.127. The van der Waals surface area contributed by atoms with Crippen LogP contribution in [-0.4, -0.2) is 25.5 Å². The summed E-state index contributed by atoms with van der Waals surface area (Å²) in [6.07, 6.45) is 7.13. The molecule has 3 aromatic heterocycles. The van der Waals surface area contributed by atoms with Gasteiger partial charge in [0.15, 0.2) is 0 Å². The molecule has 0 aromatic carbocycles. The highest BCUT2D eigenvalue weighted by molar-refractivity contribution is 5.64. The number of nitrogens with zero attached hydrogens (tertiary/aromatic N) is 4. The molecule has 0 aliphatic heterocycles. The van der Waals surface area contributed by atoms with E-state index < -0.39 is 0 Å². The molecule has 25 heavy (non-hydrogen) atoms. The largest absolute Gasteiger partial charge is 0.366 e. The Balaban J connectivity index is 1.89. The third-order valence-electron chi connectivity index (χ3n) is 3.39. The van der Waals surface area contributed by atoms with Crippen LogP contribution in [0, 0.1) is 0 Å². The highest BCUT2D eigenvalue weighted by Crippen LogP contribution is 2.22. The Hall–Kier alpha value is -3.02. The summed E-state index contributed by atoms with van der Waals surface area (Å²) >= 11 is 0. The normalized spacial score (nSPS) is 11.2. The smallest absolute Gasteiger partial charge is 0.225 e. The fourth-order valence-corrected chi connectivity index (χ4v) is 2.29. The van der Waals surface area contributed by atoms with Gasteiger partial charge >= 0.3 is 0 Å². The van der Waals surface area contributed by atoms with E-state index in [0.717, 1.165) is 22.6 Å². The second-order valence-electron chi connectivity index (χ2n) is 6.79. The maximum atomic E-state index is 4.64. The molecule has 0 aliphatic rings. The molecule has 0 aliphatic carbocycles. The summed E-state index contributed by atoms with van der Waals surface area (Å²) in [6.45, 7) is 6.89. The zero-order chi connectivity index (χ0) is 17.7. The van der Waals surface area contributed by atoms with Crippen LogP contribution in [0.4, 0.5) is 11.8 Å². The van der Waals surface area contributed by atoms with Crippen molar-refractivity contribution in [3.8, 4) is 11.3 Å². The minimum Gasteiger partial charge on any atom is -0.366 e. The van der Waals surface area contributed by atoms with E-state index in [1.165, 1.54) is 0 Å². The Bertz CT molecular complexity index is 812. The first-order valence-electron chi connectivity index (χ1n) is 8.20. The lowest BCUT2D eigenvalue weighted by molar-refractivity contribution is 0.626. The molecule has 0 atom stereocenters. The van der Waals surface area contributed by atoms with E-state index in [1.807, 2.05) is 36.5 Å². The maximum Gasteiger partial charge on any atom is 0.225 e. The monoisotopic (exact) mass is 334 g/mol. The van der Waals surface area contributed by atoms with Gasteiger partial charge in [-0.3, -0.25) is 9.97 Å². The van der Waals surface area contributed by atoms with Crippen LogP contribution >= 0.6 is 0 Å². The number of hydrogen-bond acceptors (Lipinski definition) is 6. The van der Waals surface area contributed by atoms with E-state index in [2.05, 4.69) is 51.3 Å². The zero-order valence-corrected chi connectivity index (χ0v) is 14.7. The Morgan fingerprint density at radius 1 is 0.960 bits per heavy atom. The Labute approximate surface area is 147 Å². The van der Waals surface area contributed by atoms with Crippen molar-refractivity contribution < 1.29 is 0 Å². The van der Waals surface area contributed by atoms with Crippen molar-refractivity contribution in [1.29, 1.82) is 0 Å². The zero-order valence-electron chi connectivity index (χ0n) is 14.7. The molecule has 128 valence electrons. The molecule has 0 radical (unpaired) electrons. The molecule has 2 N–H and O–H groups in total. The van der Waals surface area contributed by atoms with Crippen LogP contribution in [0.25, 0.3) is 11.3 Å². The standard InChI is InChI=1S/C19H22N6/c1-19(2,3)25-18-23-16(15-6-9-20-10-7-15)11-17(24-18)22-13-14-5-4-8-21-12-14/h4-12H,13H2,1-3H3,(H2,22,23,24,25). The third-order valence-corrected chi connectivity index (χ3v) is 3.39. The predicted octanol–water partition coefficient (Wildman–Crippen LogP) is 3.76. The number of rotatable bonds is 5. The molecule has 3 rings (SSSR count). The quantitative estimate of drug-likeness (QED) is 0.740. The van der Waals surface area contributed by atoms with Gasteiger partial charge in [-0.1, -0.05) is 6.07 Å². The van der Waals surface area contributed by atoms with Crippen molar-refractivity contribution in [2.45, 2.75) is 32.9 Å². The van der Waals surface area contributed by atoms with Gasteiger partial charge in [-0.25, -0.2) is 4.98 Å². The topological polar surface area (TPSA) is 75.6 Å². The van der Waals surface area contributed by atoms with E-state index in [4.69, 9.17) is 0 Å². The van der Waals surface area contributed by atoms with E-state index in [1.54, 1.807) is 18.6 Å². The Morgan fingerprint density at radius 2 is 1.76 bits per heavy atom. The van der Waals surface area contributed by atoms with Crippen LogP contribution in [0.1, 0.15) is 26.3 Å². The summed E-state index contributed by atoms with van der Waals surface area (Å²) in [7, 11) is 0. The van der Waals surface area contributed by atoms with Crippen LogP contribution in [0.15, 0.2) is 55.1 Å². The van der Waals surface area contributed by atoms with Gasteiger partial charge in [-0.15, -0.1) is 0 Å². The third kappa shape index (κ3) is 4.97. The summed E-state index contributed by atoms with van der Waals surface area (Å²) in [4.78, 5) is 17.4. The summed E-state index contributed by atoms with van der Waals surface area (Å²) in [5.41, 5.74) is 2.81. The molecule has 0 saturated heterocycles. The van der Waals surface area contributed by atoms with Gasteiger partial charge < -0.3 is 10.6 Å². The molecule has 0 saturated carbocycles. The van der Waals surface area contributed by atoms with Crippen LogP contribution < -0.4 is 10.6 Å². The highest BCUT2D eigenvalue weighted by atomic mass is 15.2. The molecule has 0 bridgehead atoms. The van der Waals surface area contributed by atoms with Crippen molar-refractivity contribution in [2.75, 3.05) is 10.6 Å². The number of nitrogens with one attached hydrogen (secondary N) is 2. The fraction of sp³-hybridized carbons (Fsp3) is 0.263. The summed E-state index contributed by atoms with van der Waals surface area (Å²) in [5.74, 6) is 1.35. The van der Waals surface area contributed by atoms with Gasteiger partial charge in [0.05, 0.1) is 5.69 Å². The fourth-order valence-electron chi connectivity index (χ4n) is 2.29. The number of aromatic nitrogens is 4. The maximum absolute atomic E-state index is 4.64. The molecule has 0 spiro atoms. The van der Waals surface area contributed by atoms with Crippen LogP contribution in [-0.2, 0) is 6.54 Å². The molecule has 3 heterocycles. The average molecular weight is 334 g/mol. The SMILES string of the molecule is CC(C)(C)Nc1nc(NCc2cccnc2)cc(-c2ccncc2)n1. The summed E-state index contributed by atoms with van der Waals surface area (Å²) in [6, 6.07) is 9.77. The van der Waals surface area contributed by atoms with Gasteiger partial charge in [0.1, 0.15) is 5.82 Å². The Kier molecular flexibility index (Phi) is 4.88. The van der Waals surface area contributed by atoms with Crippen molar-refractivity contribution in [3.05, 3.63) is 60.7 Å². The molecular formula is C19H22N6. The summed E-state index contributed by atoms with van der Waals surface area (Å²) < 4.78 is 0. The lowest BCUT2D eigenvalue weighted by Crippen LogP contribution is -2.27. The predicted molar refractivity (Wildman–Crippen MR) is 100 cm³/mol. The van der Waals surface area contributed by atoms with E-state index >= 15 is 0 Å². The number of anilines is 2.